The van der Waals surface area contributed by atoms with Crippen LogP contribution >= 0.6 is 0 Å². The molecule has 0 fully saturated rings. The van der Waals surface area contributed by atoms with Crippen LogP contribution in [0.4, 0.5) is 0 Å². The van der Waals surface area contributed by atoms with Gasteiger partial charge in [0.2, 0.25) is 0 Å². The Hall–Kier alpha value is -7.84. The van der Waals surface area contributed by atoms with Gasteiger partial charge < -0.3 is 17.7 Å². The van der Waals surface area contributed by atoms with Crippen LogP contribution in [0, 0.1) is 0 Å². The van der Waals surface area contributed by atoms with E-state index >= 15 is 0 Å². The molecular weight excluding hydrogens is 697 g/mol. The molecule has 14 rings (SSSR count). The first-order valence-electron chi connectivity index (χ1n) is 18.3. The number of aromatic nitrogens is 4. The minimum atomic E-state index is 0.776. The first-order chi connectivity index (χ1) is 27.8. The van der Waals surface area contributed by atoms with E-state index in [0.717, 1.165) is 109 Å². The summed E-state index contributed by atoms with van der Waals surface area (Å²) < 4.78 is 24.9. The van der Waals surface area contributed by atoms with Crippen molar-refractivity contribution in [1.82, 2.24) is 19.9 Å². The second-order valence-corrected chi connectivity index (χ2v) is 14.1. The van der Waals surface area contributed by atoms with Gasteiger partial charge in [-0.2, -0.15) is 0 Å². The normalized spacial score (nSPS) is 12.3. The van der Waals surface area contributed by atoms with Crippen molar-refractivity contribution >= 4 is 131 Å². The van der Waals surface area contributed by atoms with E-state index in [1.165, 1.54) is 21.5 Å². The molecule has 8 heterocycles. The molecule has 0 amide bonds. The lowest BCUT2D eigenvalue weighted by Gasteiger charge is -2.16. The third-order valence-electron chi connectivity index (χ3n) is 11.3. The third-order valence-corrected chi connectivity index (χ3v) is 11.3. The minimum Gasteiger partial charge on any atom is -0.454 e. The maximum Gasteiger partial charge on any atom is 0.154 e. The molecule has 0 bridgehead atoms. The second kappa shape index (κ2) is 10.9. The highest BCUT2D eigenvalue weighted by Crippen LogP contribution is 2.47. The van der Waals surface area contributed by atoms with Gasteiger partial charge in [0.05, 0.1) is 24.8 Å². The molecule has 0 unspecified atom stereocenters. The van der Waals surface area contributed by atoms with E-state index in [1.807, 2.05) is 85.5 Å². The molecule has 8 heteroatoms. The van der Waals surface area contributed by atoms with Crippen LogP contribution < -0.4 is 0 Å². The van der Waals surface area contributed by atoms with Crippen molar-refractivity contribution in [2.24, 2.45) is 0 Å². The Morgan fingerprint density at radius 1 is 0.232 bits per heavy atom. The Labute approximate surface area is 314 Å². The third kappa shape index (κ3) is 3.86. The highest BCUT2D eigenvalue weighted by atomic mass is 16.3. The first-order valence-corrected chi connectivity index (χ1v) is 18.3. The molecule has 6 aromatic carbocycles. The maximum absolute atomic E-state index is 6.23. The highest BCUT2D eigenvalue weighted by molar-refractivity contribution is 6.41. The van der Waals surface area contributed by atoms with Gasteiger partial charge in [-0.25, -0.2) is 0 Å². The molecule has 0 spiro atoms. The smallest absolute Gasteiger partial charge is 0.154 e. The zero-order valence-corrected chi connectivity index (χ0v) is 29.3. The van der Waals surface area contributed by atoms with E-state index in [1.54, 1.807) is 24.8 Å². The van der Waals surface area contributed by atoms with Gasteiger partial charge in [-0.3, -0.25) is 19.9 Å². The molecule has 0 aliphatic carbocycles. The monoisotopic (exact) mass is 720 g/mol. The van der Waals surface area contributed by atoms with Crippen LogP contribution in [0.3, 0.4) is 0 Å². The lowest BCUT2D eigenvalue weighted by molar-refractivity contribution is 0.658. The summed E-state index contributed by atoms with van der Waals surface area (Å²) in [5.74, 6) is 0. The SMILES string of the molecule is c1ccc2c(c1)oc1cncc3c4cccc5oc6cnccc6c(c54)c2c13.c1ccc2c(c1)oc1cncc3c4cccc5oc6cnccc6c(c54)c2c13. The van der Waals surface area contributed by atoms with Crippen molar-refractivity contribution < 1.29 is 17.7 Å². The van der Waals surface area contributed by atoms with E-state index < -0.39 is 0 Å². The van der Waals surface area contributed by atoms with Crippen LogP contribution in [0.5, 0.6) is 0 Å². The molecule has 8 nitrogen and oxygen atoms in total. The quantitative estimate of drug-likeness (QED) is 0.113. The molecule has 0 saturated heterocycles. The number of hydrogen-bond acceptors (Lipinski definition) is 8. The average molecular weight is 721 g/mol. The standard InChI is InChI=1S/2C24H12N2O2/c2*1-2-6-17-14(4-1)23-22-16(10-26-12-20(22)27-17)13-5-3-7-18-21(13)24(23)15-8-9-25-11-19(15)28-18/h2*1-12H. The Kier molecular flexibility index (Phi) is 5.74. The maximum atomic E-state index is 6.23. The fraction of sp³-hybridized carbons (Fsp3) is 0. The molecule has 0 aliphatic rings. The summed E-state index contributed by atoms with van der Waals surface area (Å²) in [4.78, 5) is 17.4. The first kappa shape index (κ1) is 29.6. The minimum absolute atomic E-state index is 0.776. The number of rotatable bonds is 0. The van der Waals surface area contributed by atoms with Crippen molar-refractivity contribution in [2.75, 3.05) is 0 Å². The van der Waals surface area contributed by atoms with Crippen molar-refractivity contribution in [1.29, 1.82) is 0 Å². The van der Waals surface area contributed by atoms with Crippen molar-refractivity contribution in [2.45, 2.75) is 0 Å². The lowest BCUT2D eigenvalue weighted by Crippen LogP contribution is -1.91. The number of nitrogens with zero attached hydrogens (tertiary/aromatic N) is 4. The van der Waals surface area contributed by atoms with Gasteiger partial charge in [-0.15, -0.1) is 0 Å². The van der Waals surface area contributed by atoms with Gasteiger partial charge in [0, 0.05) is 100 Å². The molecule has 56 heavy (non-hydrogen) atoms. The Morgan fingerprint density at radius 2 is 0.589 bits per heavy atom. The van der Waals surface area contributed by atoms with E-state index in [0.29, 0.717) is 0 Å². The summed E-state index contributed by atoms with van der Waals surface area (Å²) in [6, 6.07) is 32.7. The van der Waals surface area contributed by atoms with E-state index in [2.05, 4.69) is 56.3 Å². The number of fused-ring (bicyclic) bond motifs is 12. The van der Waals surface area contributed by atoms with Gasteiger partial charge in [0.1, 0.15) is 22.3 Å². The van der Waals surface area contributed by atoms with Crippen LogP contribution in [-0.4, -0.2) is 19.9 Å². The molecular formula is C48H24N4O4. The van der Waals surface area contributed by atoms with Crippen LogP contribution in [0.1, 0.15) is 0 Å². The molecule has 260 valence electrons. The Morgan fingerprint density at radius 3 is 1.07 bits per heavy atom. The molecule has 8 aromatic heterocycles. The summed E-state index contributed by atoms with van der Waals surface area (Å²) >= 11 is 0. The predicted molar refractivity (Wildman–Crippen MR) is 223 cm³/mol. The summed E-state index contributed by atoms with van der Waals surface area (Å²) in [6.07, 6.45) is 14.7. The fourth-order valence-corrected chi connectivity index (χ4v) is 9.07. The van der Waals surface area contributed by atoms with Gasteiger partial charge >= 0.3 is 0 Å². The molecule has 0 radical (unpaired) electrons. The fourth-order valence-electron chi connectivity index (χ4n) is 9.07. The van der Waals surface area contributed by atoms with Gasteiger partial charge in [-0.05, 0) is 47.2 Å². The molecule has 0 N–H and O–H groups in total. The lowest BCUT2D eigenvalue weighted by atomic mass is 9.91. The van der Waals surface area contributed by atoms with E-state index in [-0.39, 0.29) is 0 Å². The second-order valence-electron chi connectivity index (χ2n) is 14.1. The molecule has 0 saturated carbocycles. The molecule has 0 aliphatic heterocycles. The summed E-state index contributed by atoms with van der Waals surface area (Å²) in [6.45, 7) is 0. The average Bonchev–Trinajstić information content (AvgIpc) is 3.25. The number of pyridine rings is 4. The van der Waals surface area contributed by atoms with Crippen LogP contribution in [0.2, 0.25) is 0 Å². The molecule has 14 aromatic rings. The Bertz CT molecular complexity index is 3450. The van der Waals surface area contributed by atoms with E-state index in [9.17, 15) is 0 Å². The zero-order valence-electron chi connectivity index (χ0n) is 29.3. The number of para-hydroxylation sites is 2. The molecule has 0 atom stereocenters. The van der Waals surface area contributed by atoms with Crippen LogP contribution in [0.25, 0.3) is 131 Å². The van der Waals surface area contributed by atoms with Gasteiger partial charge in [-0.1, -0.05) is 60.7 Å². The van der Waals surface area contributed by atoms with Gasteiger partial charge in [0.15, 0.2) is 22.3 Å². The zero-order chi connectivity index (χ0) is 36.5. The summed E-state index contributed by atoms with van der Waals surface area (Å²) in [5.41, 5.74) is 6.52. The number of benzene rings is 6. The largest absolute Gasteiger partial charge is 0.454 e. The van der Waals surface area contributed by atoms with Gasteiger partial charge in [0.25, 0.3) is 0 Å². The van der Waals surface area contributed by atoms with E-state index in [4.69, 9.17) is 17.7 Å². The predicted octanol–water partition coefficient (Wildman–Crippen LogP) is 13.2. The summed E-state index contributed by atoms with van der Waals surface area (Å²) in [5, 5.41) is 17.7. The van der Waals surface area contributed by atoms with Crippen molar-refractivity contribution in [3.05, 3.63) is 147 Å². The topological polar surface area (TPSA) is 104 Å². The van der Waals surface area contributed by atoms with Crippen molar-refractivity contribution in [3.63, 3.8) is 0 Å². The summed E-state index contributed by atoms with van der Waals surface area (Å²) in [7, 11) is 0. The highest BCUT2D eigenvalue weighted by Gasteiger charge is 2.22. The van der Waals surface area contributed by atoms with Crippen LogP contribution in [-0.2, 0) is 0 Å². The Balaban J connectivity index is 0.000000118. The number of hydrogen-bond donors (Lipinski definition) is 0. The van der Waals surface area contributed by atoms with Crippen LogP contribution in [0.15, 0.2) is 164 Å². The van der Waals surface area contributed by atoms with Crippen molar-refractivity contribution in [3.8, 4) is 0 Å².